The van der Waals surface area contributed by atoms with Crippen LogP contribution in [0.1, 0.15) is 43.6 Å². The zero-order valence-corrected chi connectivity index (χ0v) is 12.7. The summed E-state index contributed by atoms with van der Waals surface area (Å²) >= 11 is 0. The highest BCUT2D eigenvalue weighted by Gasteiger charge is 2.13. The molecule has 3 nitrogen and oxygen atoms in total. The number of benzene rings is 1. The Morgan fingerprint density at radius 2 is 1.84 bits per heavy atom. The van der Waals surface area contributed by atoms with E-state index < -0.39 is 0 Å². The molecule has 1 aromatic rings. The second kappa shape index (κ2) is 7.29. The average molecular weight is 262 g/mol. The second-order valence-corrected chi connectivity index (χ2v) is 5.55. The molecule has 3 heteroatoms. The van der Waals surface area contributed by atoms with Gasteiger partial charge in [-0.05, 0) is 46.8 Å². The average Bonchev–Trinajstić information content (AvgIpc) is 2.33. The van der Waals surface area contributed by atoms with Gasteiger partial charge in [-0.1, -0.05) is 17.7 Å². The van der Waals surface area contributed by atoms with E-state index in [4.69, 9.17) is 0 Å². The van der Waals surface area contributed by atoms with Gasteiger partial charge < -0.3 is 5.32 Å². The summed E-state index contributed by atoms with van der Waals surface area (Å²) in [6, 6.07) is 8.67. The van der Waals surface area contributed by atoms with Crippen LogP contribution in [0.4, 0.5) is 0 Å². The maximum absolute atomic E-state index is 12.0. The number of hydrogen-bond acceptors (Lipinski definition) is 2. The van der Waals surface area contributed by atoms with Crippen molar-refractivity contribution in [2.45, 2.75) is 46.7 Å². The van der Waals surface area contributed by atoms with Crippen LogP contribution in [0.3, 0.4) is 0 Å². The van der Waals surface area contributed by atoms with Gasteiger partial charge in [0.25, 0.3) is 5.91 Å². The molecule has 106 valence electrons. The molecule has 0 aromatic heterocycles. The predicted octanol–water partition coefficient (Wildman–Crippen LogP) is 2.84. The molecule has 0 aliphatic heterocycles. The fraction of sp³-hybridized carbons (Fsp3) is 0.562. The van der Waals surface area contributed by atoms with Gasteiger partial charge in [-0.25, -0.2) is 0 Å². The number of rotatable bonds is 6. The molecule has 0 radical (unpaired) electrons. The van der Waals surface area contributed by atoms with Crippen molar-refractivity contribution in [2.75, 3.05) is 13.1 Å². The minimum Gasteiger partial charge on any atom is -0.351 e. The smallest absolute Gasteiger partial charge is 0.251 e. The Bertz CT molecular complexity index is 405. The molecule has 0 atom stereocenters. The van der Waals surface area contributed by atoms with E-state index in [9.17, 15) is 4.79 Å². The normalized spacial score (nSPS) is 11.4. The molecule has 0 spiro atoms. The SMILES string of the molecule is Cc1cccc(C(=O)NCCN(C(C)C)C(C)C)c1. The fourth-order valence-electron chi connectivity index (χ4n) is 2.30. The monoisotopic (exact) mass is 262 g/mol. The Kier molecular flexibility index (Phi) is 6.03. The molecule has 0 fully saturated rings. The Morgan fingerprint density at radius 1 is 1.21 bits per heavy atom. The number of nitrogens with zero attached hydrogens (tertiary/aromatic N) is 1. The minimum absolute atomic E-state index is 0.0103. The Balaban J connectivity index is 2.47. The molecule has 0 aliphatic carbocycles. The summed E-state index contributed by atoms with van der Waals surface area (Å²) in [5.74, 6) is 0.0103. The van der Waals surface area contributed by atoms with Gasteiger partial charge in [0, 0.05) is 30.7 Å². The first-order valence-electron chi connectivity index (χ1n) is 7.02. The van der Waals surface area contributed by atoms with Crippen LogP contribution in [0.2, 0.25) is 0 Å². The third-order valence-electron chi connectivity index (χ3n) is 3.26. The third kappa shape index (κ3) is 5.03. The maximum atomic E-state index is 12.0. The van der Waals surface area contributed by atoms with Gasteiger partial charge in [0.05, 0.1) is 0 Å². The summed E-state index contributed by atoms with van der Waals surface area (Å²) in [6.07, 6.45) is 0. The van der Waals surface area contributed by atoms with Gasteiger partial charge in [0.1, 0.15) is 0 Å². The van der Waals surface area contributed by atoms with Crippen LogP contribution in [0.5, 0.6) is 0 Å². The predicted molar refractivity (Wildman–Crippen MR) is 80.5 cm³/mol. The van der Waals surface area contributed by atoms with Crippen molar-refractivity contribution in [1.29, 1.82) is 0 Å². The van der Waals surface area contributed by atoms with Gasteiger partial charge in [0.2, 0.25) is 0 Å². The summed E-state index contributed by atoms with van der Waals surface area (Å²) in [6.45, 7) is 12.3. The fourth-order valence-corrected chi connectivity index (χ4v) is 2.30. The van der Waals surface area contributed by atoms with E-state index in [1.165, 1.54) is 0 Å². The molecule has 0 bridgehead atoms. The topological polar surface area (TPSA) is 32.3 Å². The molecule has 19 heavy (non-hydrogen) atoms. The summed E-state index contributed by atoms with van der Waals surface area (Å²) < 4.78 is 0. The Morgan fingerprint density at radius 3 is 2.37 bits per heavy atom. The van der Waals surface area contributed by atoms with E-state index >= 15 is 0 Å². The summed E-state index contributed by atoms with van der Waals surface area (Å²) in [5, 5.41) is 2.99. The number of nitrogens with one attached hydrogen (secondary N) is 1. The van der Waals surface area contributed by atoms with Gasteiger partial charge >= 0.3 is 0 Å². The zero-order valence-electron chi connectivity index (χ0n) is 12.7. The molecule has 0 aliphatic rings. The number of amides is 1. The standard InChI is InChI=1S/C16H26N2O/c1-12(2)18(13(3)4)10-9-17-16(19)15-8-6-7-14(5)11-15/h6-8,11-13H,9-10H2,1-5H3,(H,17,19). The number of hydrogen-bond donors (Lipinski definition) is 1. The second-order valence-electron chi connectivity index (χ2n) is 5.55. The molecule has 1 rings (SSSR count). The molecule has 0 heterocycles. The van der Waals surface area contributed by atoms with Crippen molar-refractivity contribution in [3.05, 3.63) is 35.4 Å². The first kappa shape index (κ1) is 15.7. The summed E-state index contributed by atoms with van der Waals surface area (Å²) in [5.41, 5.74) is 1.85. The van der Waals surface area contributed by atoms with Crippen LogP contribution in [0.25, 0.3) is 0 Å². The molecule has 0 unspecified atom stereocenters. The van der Waals surface area contributed by atoms with Gasteiger partial charge in [-0.15, -0.1) is 0 Å². The highest BCUT2D eigenvalue weighted by Crippen LogP contribution is 2.05. The van der Waals surface area contributed by atoms with E-state index in [1.54, 1.807) is 0 Å². The lowest BCUT2D eigenvalue weighted by Crippen LogP contribution is -2.42. The molecule has 0 saturated heterocycles. The van der Waals surface area contributed by atoms with E-state index in [0.29, 0.717) is 18.6 Å². The Labute approximate surface area is 117 Å². The van der Waals surface area contributed by atoms with Gasteiger partial charge in [0.15, 0.2) is 0 Å². The van der Waals surface area contributed by atoms with Crippen molar-refractivity contribution in [2.24, 2.45) is 0 Å². The zero-order chi connectivity index (χ0) is 14.4. The van der Waals surface area contributed by atoms with E-state index in [0.717, 1.165) is 17.7 Å². The molecule has 1 N–H and O–H groups in total. The molecule has 1 amide bonds. The highest BCUT2D eigenvalue weighted by molar-refractivity contribution is 5.94. The van der Waals surface area contributed by atoms with Crippen LogP contribution >= 0.6 is 0 Å². The lowest BCUT2D eigenvalue weighted by Gasteiger charge is -2.30. The highest BCUT2D eigenvalue weighted by atomic mass is 16.1. The van der Waals surface area contributed by atoms with E-state index in [2.05, 4.69) is 37.9 Å². The third-order valence-corrected chi connectivity index (χ3v) is 3.26. The van der Waals surface area contributed by atoms with Crippen LogP contribution in [-0.2, 0) is 0 Å². The van der Waals surface area contributed by atoms with Crippen LogP contribution in [-0.4, -0.2) is 36.0 Å². The molecular weight excluding hydrogens is 236 g/mol. The lowest BCUT2D eigenvalue weighted by atomic mass is 10.1. The summed E-state index contributed by atoms with van der Waals surface area (Å²) in [7, 11) is 0. The van der Waals surface area contributed by atoms with Gasteiger partial charge in [-0.3, -0.25) is 9.69 Å². The van der Waals surface area contributed by atoms with Crippen LogP contribution < -0.4 is 5.32 Å². The largest absolute Gasteiger partial charge is 0.351 e. The maximum Gasteiger partial charge on any atom is 0.251 e. The van der Waals surface area contributed by atoms with Crippen LogP contribution in [0.15, 0.2) is 24.3 Å². The molecule has 0 saturated carbocycles. The van der Waals surface area contributed by atoms with E-state index in [-0.39, 0.29) is 5.91 Å². The van der Waals surface area contributed by atoms with Crippen LogP contribution in [0, 0.1) is 6.92 Å². The first-order chi connectivity index (χ1) is 8.91. The quantitative estimate of drug-likeness (QED) is 0.855. The van der Waals surface area contributed by atoms with Gasteiger partial charge in [-0.2, -0.15) is 0 Å². The molecule has 1 aromatic carbocycles. The van der Waals surface area contributed by atoms with Crippen molar-refractivity contribution in [3.63, 3.8) is 0 Å². The number of carbonyl (C=O) groups is 1. The number of aryl methyl sites for hydroxylation is 1. The Hall–Kier alpha value is -1.35. The van der Waals surface area contributed by atoms with Crippen molar-refractivity contribution < 1.29 is 4.79 Å². The van der Waals surface area contributed by atoms with Crippen molar-refractivity contribution in [1.82, 2.24) is 10.2 Å². The minimum atomic E-state index is 0.0103. The van der Waals surface area contributed by atoms with E-state index in [1.807, 2.05) is 31.2 Å². The first-order valence-corrected chi connectivity index (χ1v) is 7.02. The van der Waals surface area contributed by atoms with Crippen molar-refractivity contribution in [3.8, 4) is 0 Å². The van der Waals surface area contributed by atoms with Crippen molar-refractivity contribution >= 4 is 5.91 Å². The number of carbonyl (C=O) groups excluding carboxylic acids is 1. The molecular formula is C16H26N2O. The lowest BCUT2D eigenvalue weighted by molar-refractivity contribution is 0.0939. The summed E-state index contributed by atoms with van der Waals surface area (Å²) in [4.78, 5) is 14.4.